The number of aliphatic hydroxyl groups excluding tert-OH is 2. The van der Waals surface area contributed by atoms with Crippen LogP contribution >= 0.6 is 0 Å². The Kier molecular flexibility index (Phi) is 8.33. The van der Waals surface area contributed by atoms with Crippen molar-refractivity contribution in [1.29, 1.82) is 0 Å². The molecule has 0 unspecified atom stereocenters. The second-order valence-corrected chi connectivity index (χ2v) is 9.04. The van der Waals surface area contributed by atoms with Gasteiger partial charge in [0.25, 0.3) is 0 Å². The van der Waals surface area contributed by atoms with Crippen LogP contribution in [-0.2, 0) is 4.43 Å². The Labute approximate surface area is 94.6 Å². The van der Waals surface area contributed by atoms with Crippen LogP contribution in [0.2, 0.25) is 19.1 Å². The van der Waals surface area contributed by atoms with Crippen molar-refractivity contribution in [3.05, 3.63) is 0 Å². The van der Waals surface area contributed by atoms with Crippen LogP contribution in [0.5, 0.6) is 0 Å². The fraction of sp³-hybridized carbons (Fsp3) is 1.00. The van der Waals surface area contributed by atoms with E-state index in [1.54, 1.807) is 0 Å². The van der Waals surface area contributed by atoms with Crippen molar-refractivity contribution >= 4 is 8.32 Å². The number of aliphatic hydroxyl groups is 2. The van der Waals surface area contributed by atoms with Crippen LogP contribution in [0, 0.1) is 5.92 Å². The van der Waals surface area contributed by atoms with Crippen LogP contribution in [0.3, 0.4) is 0 Å². The number of unbranched alkanes of at least 4 members (excludes halogenated alkanes) is 1. The van der Waals surface area contributed by atoms with Crippen LogP contribution in [-0.4, -0.2) is 38.4 Å². The molecule has 0 spiro atoms. The quantitative estimate of drug-likeness (QED) is 0.600. The summed E-state index contributed by atoms with van der Waals surface area (Å²) < 4.78 is 5.88. The van der Waals surface area contributed by atoms with E-state index >= 15 is 0 Å². The molecule has 15 heavy (non-hydrogen) atoms. The van der Waals surface area contributed by atoms with Crippen LogP contribution in [0.25, 0.3) is 0 Å². The second-order valence-electron chi connectivity index (χ2n) is 4.73. The molecule has 0 aromatic heterocycles. The summed E-state index contributed by atoms with van der Waals surface area (Å²) in [5.74, 6) is -0.0130. The summed E-state index contributed by atoms with van der Waals surface area (Å²) in [6.07, 6.45) is 3.22. The first-order valence-corrected chi connectivity index (χ1v) is 9.03. The molecule has 0 atom stereocenters. The highest BCUT2D eigenvalue weighted by molar-refractivity contribution is 6.71. The van der Waals surface area contributed by atoms with Gasteiger partial charge in [-0.1, -0.05) is 19.8 Å². The summed E-state index contributed by atoms with van der Waals surface area (Å²) >= 11 is 0. The molecule has 0 fully saturated rings. The molecule has 0 radical (unpaired) electrons. The average Bonchev–Trinajstić information content (AvgIpc) is 2.22. The minimum atomic E-state index is -1.48. The fourth-order valence-electron chi connectivity index (χ4n) is 1.42. The van der Waals surface area contributed by atoms with Crippen LogP contribution in [0.15, 0.2) is 0 Å². The summed E-state index contributed by atoms with van der Waals surface area (Å²) in [7, 11) is -1.48. The third kappa shape index (κ3) is 7.96. The first kappa shape index (κ1) is 15.1. The summed E-state index contributed by atoms with van der Waals surface area (Å²) in [5.41, 5.74) is 0. The highest BCUT2D eigenvalue weighted by atomic mass is 28.4. The first-order valence-electron chi connectivity index (χ1n) is 5.91. The molecule has 0 bridgehead atoms. The first-order chi connectivity index (χ1) is 7.05. The molecule has 0 rings (SSSR count). The second kappa shape index (κ2) is 8.27. The van der Waals surface area contributed by atoms with E-state index in [0.29, 0.717) is 6.61 Å². The minimum absolute atomic E-state index is 0.0130. The van der Waals surface area contributed by atoms with E-state index in [0.717, 1.165) is 6.42 Å². The van der Waals surface area contributed by atoms with E-state index in [1.807, 2.05) is 0 Å². The summed E-state index contributed by atoms with van der Waals surface area (Å²) in [5, 5.41) is 17.8. The molecular formula is C11H26O3Si. The highest BCUT2D eigenvalue weighted by Crippen LogP contribution is 2.16. The smallest absolute Gasteiger partial charge is 0.186 e. The SMILES string of the molecule is CCCC[Si](C)(C)OCCC(CO)CO. The summed E-state index contributed by atoms with van der Waals surface area (Å²) in [6, 6.07) is 1.20. The van der Waals surface area contributed by atoms with Gasteiger partial charge in [0.2, 0.25) is 0 Å². The molecule has 0 heterocycles. The van der Waals surface area contributed by atoms with E-state index in [2.05, 4.69) is 20.0 Å². The van der Waals surface area contributed by atoms with Gasteiger partial charge in [0.1, 0.15) is 0 Å². The third-order valence-corrected chi connectivity index (χ3v) is 5.21. The van der Waals surface area contributed by atoms with Gasteiger partial charge in [0.05, 0.1) is 0 Å². The molecule has 0 aliphatic rings. The van der Waals surface area contributed by atoms with Crippen LogP contribution < -0.4 is 0 Å². The molecule has 0 saturated carbocycles. The largest absolute Gasteiger partial charge is 0.417 e. The molecule has 2 N–H and O–H groups in total. The summed E-state index contributed by atoms with van der Waals surface area (Å²) in [6.45, 7) is 7.44. The molecule has 4 heteroatoms. The highest BCUT2D eigenvalue weighted by Gasteiger charge is 2.21. The molecule has 0 aliphatic heterocycles. The normalized spacial score (nSPS) is 12.4. The maximum absolute atomic E-state index is 8.89. The van der Waals surface area contributed by atoms with Gasteiger partial charge >= 0.3 is 0 Å². The Morgan fingerprint density at radius 1 is 1.20 bits per heavy atom. The average molecular weight is 234 g/mol. The standard InChI is InChI=1S/C11H26O3Si/c1-4-5-8-15(2,3)14-7-6-11(9-12)10-13/h11-13H,4-10H2,1-3H3. The molecule has 92 valence electrons. The zero-order valence-corrected chi connectivity index (χ0v) is 11.3. The van der Waals surface area contributed by atoms with Gasteiger partial charge in [-0.15, -0.1) is 0 Å². The van der Waals surface area contributed by atoms with Crippen molar-refractivity contribution in [2.45, 2.75) is 45.3 Å². The molecule has 3 nitrogen and oxygen atoms in total. The predicted molar refractivity (Wildman–Crippen MR) is 65.4 cm³/mol. The van der Waals surface area contributed by atoms with Crippen LogP contribution in [0.4, 0.5) is 0 Å². The van der Waals surface area contributed by atoms with Gasteiger partial charge in [-0.3, -0.25) is 0 Å². The van der Waals surface area contributed by atoms with E-state index in [-0.39, 0.29) is 19.1 Å². The zero-order valence-electron chi connectivity index (χ0n) is 10.3. The van der Waals surface area contributed by atoms with Crippen molar-refractivity contribution in [3.8, 4) is 0 Å². The Hall–Kier alpha value is 0.0969. The Morgan fingerprint density at radius 2 is 1.80 bits per heavy atom. The maximum Gasteiger partial charge on any atom is 0.186 e. The predicted octanol–water partition coefficient (Wildman–Crippen LogP) is 2.00. The van der Waals surface area contributed by atoms with Gasteiger partial charge in [-0.25, -0.2) is 0 Å². The number of hydrogen-bond acceptors (Lipinski definition) is 3. The summed E-state index contributed by atoms with van der Waals surface area (Å²) in [4.78, 5) is 0. The topological polar surface area (TPSA) is 49.7 Å². The number of rotatable bonds is 9. The van der Waals surface area contributed by atoms with Crippen molar-refractivity contribution in [3.63, 3.8) is 0 Å². The van der Waals surface area contributed by atoms with Crippen molar-refractivity contribution in [2.24, 2.45) is 5.92 Å². The zero-order chi connectivity index (χ0) is 11.7. The molecule has 0 aliphatic carbocycles. The Morgan fingerprint density at radius 3 is 2.27 bits per heavy atom. The number of hydrogen-bond donors (Lipinski definition) is 2. The monoisotopic (exact) mass is 234 g/mol. The maximum atomic E-state index is 8.89. The molecule has 0 aromatic carbocycles. The van der Waals surface area contributed by atoms with E-state index in [4.69, 9.17) is 14.6 Å². The van der Waals surface area contributed by atoms with E-state index < -0.39 is 8.32 Å². The lowest BCUT2D eigenvalue weighted by atomic mass is 10.1. The fourth-order valence-corrected chi connectivity index (χ4v) is 3.44. The molecular weight excluding hydrogens is 208 g/mol. The molecule has 0 aromatic rings. The van der Waals surface area contributed by atoms with E-state index in [9.17, 15) is 0 Å². The van der Waals surface area contributed by atoms with Crippen LogP contribution in [0.1, 0.15) is 26.2 Å². The molecule has 0 amide bonds. The van der Waals surface area contributed by atoms with Crippen molar-refractivity contribution < 1.29 is 14.6 Å². The lowest BCUT2D eigenvalue weighted by Gasteiger charge is -2.23. The van der Waals surface area contributed by atoms with E-state index in [1.165, 1.54) is 18.9 Å². The van der Waals surface area contributed by atoms with Gasteiger partial charge in [-0.05, 0) is 25.6 Å². The van der Waals surface area contributed by atoms with Crippen molar-refractivity contribution in [1.82, 2.24) is 0 Å². The van der Waals surface area contributed by atoms with Crippen molar-refractivity contribution in [2.75, 3.05) is 19.8 Å². The van der Waals surface area contributed by atoms with Gasteiger partial charge in [0, 0.05) is 25.7 Å². The van der Waals surface area contributed by atoms with Gasteiger partial charge in [0.15, 0.2) is 8.32 Å². The van der Waals surface area contributed by atoms with Gasteiger partial charge in [-0.2, -0.15) is 0 Å². The lowest BCUT2D eigenvalue weighted by molar-refractivity contribution is 0.127. The Bertz CT molecular complexity index is 147. The minimum Gasteiger partial charge on any atom is -0.417 e. The Balaban J connectivity index is 3.63. The third-order valence-electron chi connectivity index (χ3n) is 2.67. The lowest BCUT2D eigenvalue weighted by Crippen LogP contribution is -2.31. The molecule has 0 saturated heterocycles. The van der Waals surface area contributed by atoms with Gasteiger partial charge < -0.3 is 14.6 Å².